The predicted molar refractivity (Wildman–Crippen MR) is 51.7 cm³/mol. The van der Waals surface area contributed by atoms with Gasteiger partial charge >= 0.3 is 7.60 Å². The first-order chi connectivity index (χ1) is 6.72. The Morgan fingerprint density at radius 3 is 2.33 bits per heavy atom. The van der Waals surface area contributed by atoms with Crippen molar-refractivity contribution in [3.63, 3.8) is 0 Å². The molecule has 15 heavy (non-hydrogen) atoms. The summed E-state index contributed by atoms with van der Waals surface area (Å²) in [4.78, 5) is 38.6. The highest BCUT2D eigenvalue weighted by molar-refractivity contribution is 7.51. The van der Waals surface area contributed by atoms with Crippen LogP contribution in [0, 0.1) is 0 Å². The SMILES string of the molecule is C[C@H](N)C(=O)NCC(=O)NCP(=O)(O)O. The molecular weight excluding hydrogens is 225 g/mol. The summed E-state index contributed by atoms with van der Waals surface area (Å²) >= 11 is 0. The summed E-state index contributed by atoms with van der Waals surface area (Å²) in [6.07, 6.45) is -0.750. The van der Waals surface area contributed by atoms with Gasteiger partial charge in [0.05, 0.1) is 12.6 Å². The van der Waals surface area contributed by atoms with Crippen molar-refractivity contribution >= 4 is 19.4 Å². The Morgan fingerprint density at radius 1 is 1.40 bits per heavy atom. The van der Waals surface area contributed by atoms with Gasteiger partial charge in [-0.05, 0) is 6.92 Å². The van der Waals surface area contributed by atoms with E-state index in [2.05, 4.69) is 5.32 Å². The maximum Gasteiger partial charge on any atom is 0.344 e. The summed E-state index contributed by atoms with van der Waals surface area (Å²) in [7, 11) is -4.26. The molecule has 0 saturated carbocycles. The number of amides is 2. The summed E-state index contributed by atoms with van der Waals surface area (Å²) < 4.78 is 10.4. The number of rotatable bonds is 5. The Morgan fingerprint density at radius 2 is 1.93 bits per heavy atom. The van der Waals surface area contributed by atoms with Crippen molar-refractivity contribution in [2.45, 2.75) is 13.0 Å². The lowest BCUT2D eigenvalue weighted by atomic mass is 10.3. The van der Waals surface area contributed by atoms with Crippen LogP contribution in [0.5, 0.6) is 0 Å². The Bertz CT molecular complexity index is 286. The number of hydrogen-bond acceptors (Lipinski definition) is 4. The number of nitrogens with one attached hydrogen (secondary N) is 2. The maximum absolute atomic E-state index is 10.9. The van der Waals surface area contributed by atoms with Crippen LogP contribution in [0.3, 0.4) is 0 Å². The zero-order valence-electron chi connectivity index (χ0n) is 8.14. The highest BCUT2D eigenvalue weighted by atomic mass is 31.2. The van der Waals surface area contributed by atoms with Crippen molar-refractivity contribution in [3.05, 3.63) is 0 Å². The first kappa shape index (κ1) is 14.1. The van der Waals surface area contributed by atoms with Crippen LogP contribution < -0.4 is 16.4 Å². The molecule has 0 radical (unpaired) electrons. The van der Waals surface area contributed by atoms with Crippen LogP contribution in [0.4, 0.5) is 0 Å². The Labute approximate surface area is 86.4 Å². The molecular formula is C6H14N3O5P. The fraction of sp³-hybridized carbons (Fsp3) is 0.667. The van der Waals surface area contributed by atoms with Crippen molar-refractivity contribution in [1.29, 1.82) is 0 Å². The molecule has 2 amide bonds. The number of nitrogens with two attached hydrogens (primary N) is 1. The molecule has 9 heteroatoms. The topological polar surface area (TPSA) is 142 Å². The van der Waals surface area contributed by atoms with E-state index in [1.54, 1.807) is 0 Å². The van der Waals surface area contributed by atoms with Gasteiger partial charge in [-0.3, -0.25) is 14.2 Å². The van der Waals surface area contributed by atoms with Crippen LogP contribution in [0.2, 0.25) is 0 Å². The molecule has 0 bridgehead atoms. The second-order valence-electron chi connectivity index (χ2n) is 2.93. The molecule has 0 rings (SSSR count). The average molecular weight is 239 g/mol. The summed E-state index contributed by atoms with van der Waals surface area (Å²) in [5.41, 5.74) is 5.20. The molecule has 0 aliphatic rings. The normalized spacial score (nSPS) is 13.1. The highest BCUT2D eigenvalue weighted by Gasteiger charge is 2.15. The molecule has 0 spiro atoms. The van der Waals surface area contributed by atoms with Crippen LogP contribution in [0.1, 0.15) is 6.92 Å². The fourth-order valence-electron chi connectivity index (χ4n) is 0.582. The summed E-state index contributed by atoms with van der Waals surface area (Å²) in [5, 5.41) is 4.15. The molecule has 0 fully saturated rings. The molecule has 0 aliphatic heterocycles. The average Bonchev–Trinajstić information content (AvgIpc) is 2.09. The molecule has 1 atom stereocenters. The minimum atomic E-state index is -4.26. The summed E-state index contributed by atoms with van der Waals surface area (Å²) in [6, 6.07) is -0.736. The lowest BCUT2D eigenvalue weighted by molar-refractivity contribution is -0.126. The monoisotopic (exact) mass is 239 g/mol. The molecule has 6 N–H and O–H groups in total. The van der Waals surface area contributed by atoms with E-state index in [-0.39, 0.29) is 6.54 Å². The molecule has 0 heterocycles. The van der Waals surface area contributed by atoms with Gasteiger partial charge in [-0.15, -0.1) is 0 Å². The molecule has 0 aromatic carbocycles. The van der Waals surface area contributed by atoms with Gasteiger partial charge < -0.3 is 26.2 Å². The van der Waals surface area contributed by atoms with Crippen molar-refractivity contribution in [1.82, 2.24) is 10.6 Å². The van der Waals surface area contributed by atoms with Gasteiger partial charge in [-0.1, -0.05) is 0 Å². The van der Waals surface area contributed by atoms with Crippen molar-refractivity contribution < 1.29 is 23.9 Å². The van der Waals surface area contributed by atoms with E-state index in [1.165, 1.54) is 6.92 Å². The molecule has 0 aromatic heterocycles. The standard InChI is InChI=1S/C6H14N3O5P/c1-4(7)6(11)8-2-5(10)9-3-15(12,13)14/h4H,2-3,7H2,1H3,(H,8,11)(H,9,10)(H2,12,13,14)/t4-/m0/s1. The van der Waals surface area contributed by atoms with Crippen LogP contribution >= 0.6 is 7.60 Å². The predicted octanol–water partition coefficient (Wildman–Crippen LogP) is -2.30. The molecule has 8 nitrogen and oxygen atoms in total. The van der Waals surface area contributed by atoms with Gasteiger partial charge in [0, 0.05) is 0 Å². The Balaban J connectivity index is 3.77. The van der Waals surface area contributed by atoms with Crippen LogP contribution in [-0.4, -0.2) is 40.5 Å². The second-order valence-corrected chi connectivity index (χ2v) is 4.57. The van der Waals surface area contributed by atoms with Crippen LogP contribution in [0.25, 0.3) is 0 Å². The van der Waals surface area contributed by atoms with Crippen molar-refractivity contribution in [3.8, 4) is 0 Å². The van der Waals surface area contributed by atoms with E-state index >= 15 is 0 Å². The third-order valence-corrected chi connectivity index (χ3v) is 1.89. The molecule has 88 valence electrons. The minimum absolute atomic E-state index is 0.361. The van der Waals surface area contributed by atoms with Crippen LogP contribution in [0.15, 0.2) is 0 Å². The number of carbonyl (C=O) groups is 2. The molecule has 0 saturated heterocycles. The van der Waals surface area contributed by atoms with Gasteiger partial charge in [0.1, 0.15) is 6.29 Å². The number of carbonyl (C=O) groups excluding carboxylic acids is 2. The lowest BCUT2D eigenvalue weighted by Gasteiger charge is -2.08. The van der Waals surface area contributed by atoms with Gasteiger partial charge in [0.15, 0.2) is 0 Å². The third kappa shape index (κ3) is 8.07. The summed E-state index contributed by atoms with van der Waals surface area (Å²) in [6.45, 7) is 1.09. The first-order valence-electron chi connectivity index (χ1n) is 4.07. The summed E-state index contributed by atoms with van der Waals surface area (Å²) in [5.74, 6) is -1.20. The molecule has 0 unspecified atom stereocenters. The molecule has 0 aromatic rings. The maximum atomic E-state index is 10.9. The Hall–Kier alpha value is -0.950. The first-order valence-corrected chi connectivity index (χ1v) is 5.86. The highest BCUT2D eigenvalue weighted by Crippen LogP contribution is 2.31. The Kier molecular flexibility index (Phi) is 5.45. The third-order valence-electron chi connectivity index (χ3n) is 1.32. The zero-order chi connectivity index (χ0) is 12.1. The number of hydrogen-bond donors (Lipinski definition) is 5. The largest absolute Gasteiger partial charge is 0.346 e. The van der Waals surface area contributed by atoms with E-state index < -0.39 is 31.7 Å². The van der Waals surface area contributed by atoms with Gasteiger partial charge in [-0.2, -0.15) is 0 Å². The van der Waals surface area contributed by atoms with E-state index in [9.17, 15) is 14.2 Å². The zero-order valence-corrected chi connectivity index (χ0v) is 9.03. The second kappa shape index (κ2) is 5.82. The smallest absolute Gasteiger partial charge is 0.344 e. The fourth-order valence-corrected chi connectivity index (χ4v) is 0.964. The minimum Gasteiger partial charge on any atom is -0.346 e. The molecule has 0 aliphatic carbocycles. The lowest BCUT2D eigenvalue weighted by Crippen LogP contribution is -2.43. The van der Waals surface area contributed by atoms with E-state index in [0.717, 1.165) is 0 Å². The van der Waals surface area contributed by atoms with E-state index in [4.69, 9.17) is 15.5 Å². The van der Waals surface area contributed by atoms with E-state index in [1.807, 2.05) is 5.32 Å². The van der Waals surface area contributed by atoms with Gasteiger partial charge in [-0.25, -0.2) is 0 Å². The van der Waals surface area contributed by atoms with Gasteiger partial charge in [0.25, 0.3) is 0 Å². The van der Waals surface area contributed by atoms with Gasteiger partial charge in [0.2, 0.25) is 11.8 Å². The van der Waals surface area contributed by atoms with Crippen molar-refractivity contribution in [2.75, 3.05) is 12.8 Å². The van der Waals surface area contributed by atoms with Crippen LogP contribution in [-0.2, 0) is 14.2 Å². The van der Waals surface area contributed by atoms with Crippen molar-refractivity contribution in [2.24, 2.45) is 5.73 Å². The van der Waals surface area contributed by atoms with E-state index in [0.29, 0.717) is 0 Å². The quantitative estimate of drug-likeness (QED) is 0.341.